The summed E-state index contributed by atoms with van der Waals surface area (Å²) in [6.07, 6.45) is -1.13. The van der Waals surface area contributed by atoms with Crippen LogP contribution in [-0.4, -0.2) is 29.0 Å². The molecule has 3 aliphatic rings. The fraction of sp³-hybridized carbons (Fsp3) is 0.154. The van der Waals surface area contributed by atoms with Gasteiger partial charge in [0.05, 0.1) is 33.7 Å². The van der Waals surface area contributed by atoms with Gasteiger partial charge in [-0.25, -0.2) is 4.90 Å². The van der Waals surface area contributed by atoms with E-state index in [4.69, 9.17) is 27.9 Å². The Hall–Kier alpha value is -2.84. The second-order valence-electron chi connectivity index (χ2n) is 8.61. The number of imide groups is 1. The van der Waals surface area contributed by atoms with Gasteiger partial charge in [-0.2, -0.15) is 0 Å². The van der Waals surface area contributed by atoms with Crippen LogP contribution in [0.5, 0.6) is 0 Å². The van der Waals surface area contributed by atoms with Gasteiger partial charge in [-0.15, -0.1) is 0 Å². The van der Waals surface area contributed by atoms with E-state index in [0.29, 0.717) is 11.3 Å². The molecule has 0 N–H and O–H groups in total. The van der Waals surface area contributed by atoms with Crippen LogP contribution in [0.4, 0.5) is 5.69 Å². The van der Waals surface area contributed by atoms with Crippen molar-refractivity contribution < 1.29 is 23.9 Å². The number of carbonyl (C=O) groups is 4. The average molecular weight is 571 g/mol. The number of benzene rings is 3. The van der Waals surface area contributed by atoms with Crippen molar-refractivity contribution in [1.82, 2.24) is 0 Å². The van der Waals surface area contributed by atoms with E-state index < -0.39 is 46.9 Å². The van der Waals surface area contributed by atoms with Crippen molar-refractivity contribution in [2.24, 2.45) is 11.8 Å². The maximum Gasteiger partial charge on any atom is 0.241 e. The summed E-state index contributed by atoms with van der Waals surface area (Å²) >= 11 is 16.1. The highest BCUT2D eigenvalue weighted by atomic mass is 79.9. The van der Waals surface area contributed by atoms with Crippen LogP contribution in [0.3, 0.4) is 0 Å². The Labute approximate surface area is 217 Å². The second kappa shape index (κ2) is 7.83. The van der Waals surface area contributed by atoms with Crippen LogP contribution in [0.15, 0.2) is 71.2 Å². The number of halogens is 3. The van der Waals surface area contributed by atoms with Gasteiger partial charge in [0.1, 0.15) is 0 Å². The maximum absolute atomic E-state index is 13.9. The highest BCUT2D eigenvalue weighted by Gasteiger charge is 2.74. The summed E-state index contributed by atoms with van der Waals surface area (Å²) in [5.41, 5.74) is -1.17. The molecule has 3 aromatic rings. The van der Waals surface area contributed by atoms with E-state index in [1.54, 1.807) is 54.6 Å². The molecule has 0 saturated carbocycles. The molecule has 2 fully saturated rings. The zero-order valence-electron chi connectivity index (χ0n) is 17.7. The van der Waals surface area contributed by atoms with Gasteiger partial charge in [0.15, 0.2) is 0 Å². The molecule has 6 nitrogen and oxygen atoms in total. The molecule has 0 unspecified atom stereocenters. The van der Waals surface area contributed by atoms with Crippen LogP contribution < -0.4 is 4.90 Å². The van der Waals surface area contributed by atoms with Gasteiger partial charge in [-0.3, -0.25) is 19.2 Å². The molecule has 174 valence electrons. The molecule has 0 radical (unpaired) electrons. The van der Waals surface area contributed by atoms with Crippen molar-refractivity contribution in [2.75, 3.05) is 4.90 Å². The molecule has 2 amide bonds. The van der Waals surface area contributed by atoms with Crippen LogP contribution in [0.25, 0.3) is 0 Å². The number of anilines is 1. The van der Waals surface area contributed by atoms with Crippen molar-refractivity contribution in [3.63, 3.8) is 0 Å². The van der Waals surface area contributed by atoms with Crippen LogP contribution in [-0.2, 0) is 14.3 Å². The van der Waals surface area contributed by atoms with Crippen LogP contribution in [0.1, 0.15) is 32.4 Å². The minimum absolute atomic E-state index is 0.132. The SMILES string of the molecule is O=C1[C@H]2[C@@H](c3cccc(Cl)c3Cl)OC3(C(=O)c4ccccc4C3=O)[C@H]2C(=O)N1c1ccc(Br)cc1. The van der Waals surface area contributed by atoms with Gasteiger partial charge >= 0.3 is 0 Å². The Morgan fingerprint density at radius 1 is 0.800 bits per heavy atom. The van der Waals surface area contributed by atoms with Gasteiger partial charge < -0.3 is 4.74 Å². The number of Topliss-reactive ketones (excluding diaryl/α,β-unsaturated/α-hetero) is 2. The lowest BCUT2D eigenvalue weighted by atomic mass is 9.77. The van der Waals surface area contributed by atoms with E-state index >= 15 is 0 Å². The molecule has 3 atom stereocenters. The lowest BCUT2D eigenvalue weighted by Gasteiger charge is -2.27. The van der Waals surface area contributed by atoms with Gasteiger partial charge in [0.25, 0.3) is 0 Å². The topological polar surface area (TPSA) is 80.8 Å². The molecule has 6 rings (SSSR count). The van der Waals surface area contributed by atoms with Gasteiger partial charge in [0.2, 0.25) is 29.0 Å². The first kappa shape index (κ1) is 22.6. The smallest absolute Gasteiger partial charge is 0.241 e. The summed E-state index contributed by atoms with van der Waals surface area (Å²) < 4.78 is 7.00. The first-order valence-electron chi connectivity index (χ1n) is 10.7. The second-order valence-corrected chi connectivity index (χ2v) is 10.3. The molecule has 35 heavy (non-hydrogen) atoms. The number of rotatable bonds is 2. The summed E-state index contributed by atoms with van der Waals surface area (Å²) in [6.45, 7) is 0. The van der Waals surface area contributed by atoms with Crippen molar-refractivity contribution in [3.05, 3.63) is 97.9 Å². The van der Waals surface area contributed by atoms with Crippen molar-refractivity contribution in [1.29, 1.82) is 0 Å². The van der Waals surface area contributed by atoms with Gasteiger partial charge in [-0.05, 0) is 30.3 Å². The number of hydrogen-bond acceptors (Lipinski definition) is 5. The molecular weight excluding hydrogens is 557 g/mol. The summed E-state index contributed by atoms with van der Waals surface area (Å²) in [7, 11) is 0. The molecule has 0 bridgehead atoms. The number of ether oxygens (including phenoxy) is 1. The fourth-order valence-corrected chi connectivity index (χ4v) is 6.06. The third kappa shape index (κ3) is 2.93. The van der Waals surface area contributed by atoms with Crippen LogP contribution in [0, 0.1) is 11.8 Å². The number of carbonyl (C=O) groups excluding carboxylic acids is 4. The number of ketones is 2. The Morgan fingerprint density at radius 2 is 1.43 bits per heavy atom. The molecule has 9 heteroatoms. The zero-order valence-corrected chi connectivity index (χ0v) is 20.8. The summed E-state index contributed by atoms with van der Waals surface area (Å²) in [5.74, 6) is -5.01. The van der Waals surface area contributed by atoms with Gasteiger partial charge in [-0.1, -0.05) is 75.5 Å². The number of fused-ring (bicyclic) bond motifs is 3. The highest BCUT2D eigenvalue weighted by Crippen LogP contribution is 2.58. The zero-order chi connectivity index (χ0) is 24.6. The van der Waals surface area contributed by atoms with Crippen LogP contribution in [0.2, 0.25) is 10.0 Å². The van der Waals surface area contributed by atoms with E-state index in [1.165, 1.54) is 12.1 Å². The van der Waals surface area contributed by atoms with Gasteiger partial charge in [0, 0.05) is 21.2 Å². The number of nitrogens with zero attached hydrogens (tertiary/aromatic N) is 1. The predicted molar refractivity (Wildman–Crippen MR) is 132 cm³/mol. The Morgan fingerprint density at radius 3 is 2.06 bits per heavy atom. The fourth-order valence-electron chi connectivity index (χ4n) is 5.38. The van der Waals surface area contributed by atoms with E-state index in [2.05, 4.69) is 15.9 Å². The van der Waals surface area contributed by atoms with E-state index in [1.807, 2.05) is 0 Å². The lowest BCUT2D eigenvalue weighted by molar-refractivity contribution is -0.127. The first-order chi connectivity index (χ1) is 16.8. The molecule has 0 aromatic heterocycles. The molecule has 2 heterocycles. The minimum atomic E-state index is -2.17. The van der Waals surface area contributed by atoms with Crippen LogP contribution >= 0.6 is 39.1 Å². The van der Waals surface area contributed by atoms with E-state index in [-0.39, 0.29) is 21.2 Å². The Bertz CT molecular complexity index is 1440. The monoisotopic (exact) mass is 569 g/mol. The molecule has 3 aromatic carbocycles. The van der Waals surface area contributed by atoms with E-state index in [9.17, 15) is 19.2 Å². The summed E-state index contributed by atoms with van der Waals surface area (Å²) in [4.78, 5) is 56.2. The maximum atomic E-state index is 13.9. The summed E-state index contributed by atoms with van der Waals surface area (Å²) in [6, 6.07) is 17.8. The Kier molecular flexibility index (Phi) is 5.06. The minimum Gasteiger partial charge on any atom is -0.349 e. The highest BCUT2D eigenvalue weighted by molar-refractivity contribution is 9.10. The Balaban J connectivity index is 1.57. The largest absolute Gasteiger partial charge is 0.349 e. The van der Waals surface area contributed by atoms with Crippen molar-refractivity contribution >= 4 is 68.2 Å². The lowest BCUT2D eigenvalue weighted by Crippen LogP contribution is -2.51. The molecule has 2 aliphatic heterocycles. The standard InChI is InChI=1S/C26H14BrCl2NO5/c27-12-8-10-13(11-9-12)30-24(33)18-19(25(30)34)26(22(31)14-4-1-2-5-15(14)23(26)32)35-21(18)16-6-3-7-17(28)20(16)29/h1-11,18-19,21H/t18-,19-,21-/m1/s1. The van der Waals surface area contributed by atoms with E-state index in [0.717, 1.165) is 9.37 Å². The normalized spacial score (nSPS) is 24.4. The van der Waals surface area contributed by atoms with Crippen molar-refractivity contribution in [2.45, 2.75) is 11.7 Å². The quantitative estimate of drug-likeness (QED) is 0.302. The first-order valence-corrected chi connectivity index (χ1v) is 12.3. The van der Waals surface area contributed by atoms with Crippen molar-refractivity contribution in [3.8, 4) is 0 Å². The molecule has 1 spiro atoms. The number of hydrogen-bond donors (Lipinski definition) is 0. The average Bonchev–Trinajstić information content (AvgIpc) is 3.42. The third-order valence-corrected chi connectivity index (χ3v) is 8.25. The number of amides is 2. The molecular formula is C26H14BrCl2NO5. The molecule has 1 aliphatic carbocycles. The molecule has 2 saturated heterocycles. The third-order valence-electron chi connectivity index (χ3n) is 6.89. The summed E-state index contributed by atoms with van der Waals surface area (Å²) in [5, 5.41) is 0.354. The predicted octanol–water partition coefficient (Wildman–Crippen LogP) is 5.45.